The highest BCUT2D eigenvalue weighted by Gasteiger charge is 2.35. The van der Waals surface area contributed by atoms with Crippen LogP contribution >= 0.6 is 11.6 Å². The molecule has 9 nitrogen and oxygen atoms in total. The van der Waals surface area contributed by atoms with Crippen molar-refractivity contribution in [1.29, 1.82) is 0 Å². The van der Waals surface area contributed by atoms with E-state index in [2.05, 4.69) is 10.3 Å². The summed E-state index contributed by atoms with van der Waals surface area (Å²) < 4.78 is 34.0. The molecule has 0 radical (unpaired) electrons. The third-order valence-electron chi connectivity index (χ3n) is 5.55. The summed E-state index contributed by atoms with van der Waals surface area (Å²) in [5.74, 6) is 0.00967. The van der Waals surface area contributed by atoms with E-state index in [-0.39, 0.29) is 47.9 Å². The maximum absolute atomic E-state index is 13.2. The summed E-state index contributed by atoms with van der Waals surface area (Å²) in [6, 6.07) is 9.73. The second-order valence-corrected chi connectivity index (χ2v) is 9.98. The Balaban J connectivity index is 1.48. The van der Waals surface area contributed by atoms with Gasteiger partial charge in [-0.2, -0.15) is 9.40 Å². The smallest absolute Gasteiger partial charge is 0.258 e. The first kappa shape index (κ1) is 22.5. The van der Waals surface area contributed by atoms with Crippen LogP contribution in [0.15, 0.2) is 39.8 Å². The molecule has 0 bridgehead atoms. The van der Waals surface area contributed by atoms with E-state index in [9.17, 15) is 13.2 Å². The maximum Gasteiger partial charge on any atom is 0.258 e. The highest BCUT2D eigenvalue weighted by atomic mass is 35.5. The second-order valence-electron chi connectivity index (χ2n) is 7.74. The summed E-state index contributed by atoms with van der Waals surface area (Å²) in [6.45, 7) is 6.23. The molecule has 1 aliphatic rings. The summed E-state index contributed by atoms with van der Waals surface area (Å²) in [7, 11) is -3.74. The monoisotopic (exact) mass is 477 g/mol. The number of aromatic nitrogens is 3. The van der Waals surface area contributed by atoms with Crippen LogP contribution in [0.3, 0.4) is 0 Å². The first-order valence-corrected chi connectivity index (χ1v) is 12.0. The Hall–Kier alpha value is -2.69. The SMILES string of the molecule is Cc1nn(Cc2ccccc2)c(Cl)c1C(=O)N1CCN(S(=O)(=O)c2c(C)noc2C)CC1. The second kappa shape index (κ2) is 8.68. The summed E-state index contributed by atoms with van der Waals surface area (Å²) in [5, 5.41) is 8.46. The van der Waals surface area contributed by atoms with Gasteiger partial charge in [0.2, 0.25) is 10.0 Å². The van der Waals surface area contributed by atoms with Crippen LogP contribution in [0.1, 0.15) is 33.1 Å². The van der Waals surface area contributed by atoms with Crippen LogP contribution in [0.5, 0.6) is 0 Å². The van der Waals surface area contributed by atoms with Crippen molar-refractivity contribution in [1.82, 2.24) is 24.1 Å². The molecule has 1 saturated heterocycles. The Morgan fingerprint density at radius 1 is 1.06 bits per heavy atom. The number of piperazine rings is 1. The Labute approximate surface area is 191 Å². The summed E-state index contributed by atoms with van der Waals surface area (Å²) in [4.78, 5) is 14.9. The first-order chi connectivity index (χ1) is 15.2. The molecular weight excluding hydrogens is 454 g/mol. The van der Waals surface area contributed by atoms with Gasteiger partial charge in [0.25, 0.3) is 5.91 Å². The predicted octanol–water partition coefficient (Wildman–Crippen LogP) is 2.64. The van der Waals surface area contributed by atoms with Crippen LogP contribution in [0.2, 0.25) is 5.15 Å². The number of rotatable bonds is 5. The minimum atomic E-state index is -3.74. The Kier molecular flexibility index (Phi) is 6.11. The third kappa shape index (κ3) is 4.05. The Bertz CT molecular complexity index is 1230. The maximum atomic E-state index is 13.2. The molecule has 0 atom stereocenters. The molecule has 3 aromatic rings. The van der Waals surface area contributed by atoms with Crippen LogP contribution in [-0.2, 0) is 16.6 Å². The van der Waals surface area contributed by atoms with E-state index in [4.69, 9.17) is 16.1 Å². The molecule has 0 saturated carbocycles. The van der Waals surface area contributed by atoms with E-state index in [1.807, 2.05) is 30.3 Å². The zero-order chi connectivity index (χ0) is 23.0. The zero-order valence-electron chi connectivity index (χ0n) is 18.1. The van der Waals surface area contributed by atoms with E-state index in [1.165, 1.54) is 4.31 Å². The molecule has 0 unspecified atom stereocenters. The van der Waals surface area contributed by atoms with Gasteiger partial charge >= 0.3 is 0 Å². The highest BCUT2D eigenvalue weighted by Crippen LogP contribution is 2.26. The molecule has 11 heteroatoms. The van der Waals surface area contributed by atoms with Gasteiger partial charge < -0.3 is 9.42 Å². The average Bonchev–Trinajstić information content (AvgIpc) is 3.26. The number of carbonyl (C=O) groups is 1. The standard InChI is InChI=1S/C21H24ClN5O4S/c1-14-18(20(22)27(23-14)13-17-7-5-4-6-8-17)21(28)25-9-11-26(12-10-25)32(29,30)19-15(2)24-31-16(19)3/h4-8H,9-13H2,1-3H3. The first-order valence-electron chi connectivity index (χ1n) is 10.2. The number of hydrogen-bond acceptors (Lipinski definition) is 6. The topological polar surface area (TPSA) is 102 Å². The fourth-order valence-corrected chi connectivity index (χ4v) is 5.95. The van der Waals surface area contributed by atoms with Crippen molar-refractivity contribution in [2.75, 3.05) is 26.2 Å². The lowest BCUT2D eigenvalue weighted by atomic mass is 10.2. The minimum absolute atomic E-state index is 0.0957. The number of amides is 1. The van der Waals surface area contributed by atoms with Gasteiger partial charge in [0.1, 0.15) is 15.7 Å². The van der Waals surface area contributed by atoms with Gasteiger partial charge in [-0.15, -0.1) is 0 Å². The number of sulfonamides is 1. The fourth-order valence-electron chi connectivity index (χ4n) is 3.92. The molecule has 170 valence electrons. The lowest BCUT2D eigenvalue weighted by Gasteiger charge is -2.33. The van der Waals surface area contributed by atoms with Gasteiger partial charge in [0.05, 0.1) is 17.8 Å². The minimum Gasteiger partial charge on any atom is -0.360 e. The van der Waals surface area contributed by atoms with Crippen molar-refractivity contribution in [3.63, 3.8) is 0 Å². The molecule has 1 aromatic carbocycles. The van der Waals surface area contributed by atoms with Gasteiger partial charge in [-0.3, -0.25) is 4.79 Å². The van der Waals surface area contributed by atoms with Gasteiger partial charge in [-0.1, -0.05) is 47.1 Å². The number of carbonyl (C=O) groups excluding carboxylic acids is 1. The average molecular weight is 478 g/mol. The van der Waals surface area contributed by atoms with Crippen molar-refractivity contribution in [3.05, 3.63) is 63.8 Å². The number of nitrogens with zero attached hydrogens (tertiary/aromatic N) is 5. The summed E-state index contributed by atoms with van der Waals surface area (Å²) >= 11 is 6.53. The van der Waals surface area contributed by atoms with Crippen LogP contribution in [0.4, 0.5) is 0 Å². The molecule has 4 rings (SSSR count). The largest absolute Gasteiger partial charge is 0.360 e. The van der Waals surface area contributed by atoms with Crippen LogP contribution in [0, 0.1) is 20.8 Å². The summed E-state index contributed by atoms with van der Waals surface area (Å²) in [6.07, 6.45) is 0. The van der Waals surface area contributed by atoms with Gasteiger partial charge in [-0.05, 0) is 26.3 Å². The lowest BCUT2D eigenvalue weighted by Crippen LogP contribution is -2.50. The molecule has 0 N–H and O–H groups in total. The molecule has 2 aromatic heterocycles. The van der Waals surface area contributed by atoms with Gasteiger partial charge in [0, 0.05) is 26.2 Å². The highest BCUT2D eigenvalue weighted by molar-refractivity contribution is 7.89. The Morgan fingerprint density at radius 3 is 2.31 bits per heavy atom. The molecule has 3 heterocycles. The zero-order valence-corrected chi connectivity index (χ0v) is 19.6. The van der Waals surface area contributed by atoms with Gasteiger partial charge in [0.15, 0.2) is 5.76 Å². The van der Waals surface area contributed by atoms with E-state index >= 15 is 0 Å². The molecule has 1 amide bonds. The summed E-state index contributed by atoms with van der Waals surface area (Å²) in [5.41, 5.74) is 2.25. The number of halogens is 1. The number of aryl methyl sites for hydroxylation is 3. The van der Waals surface area contributed by atoms with Crippen molar-refractivity contribution in [2.45, 2.75) is 32.2 Å². The molecular formula is C21H24ClN5O4S. The van der Waals surface area contributed by atoms with E-state index in [0.717, 1.165) is 5.56 Å². The molecule has 0 aliphatic carbocycles. The van der Waals surface area contributed by atoms with E-state index in [1.54, 1.807) is 30.4 Å². The van der Waals surface area contributed by atoms with E-state index in [0.29, 0.717) is 23.5 Å². The van der Waals surface area contributed by atoms with Gasteiger partial charge in [-0.25, -0.2) is 13.1 Å². The number of benzene rings is 1. The van der Waals surface area contributed by atoms with Crippen LogP contribution in [-0.4, -0.2) is 64.6 Å². The molecule has 0 spiro atoms. The fraction of sp³-hybridized carbons (Fsp3) is 0.381. The van der Waals surface area contributed by atoms with E-state index < -0.39 is 10.0 Å². The van der Waals surface area contributed by atoms with Crippen molar-refractivity contribution in [3.8, 4) is 0 Å². The van der Waals surface area contributed by atoms with Crippen molar-refractivity contribution >= 4 is 27.5 Å². The van der Waals surface area contributed by atoms with Crippen molar-refractivity contribution in [2.24, 2.45) is 0 Å². The lowest BCUT2D eigenvalue weighted by molar-refractivity contribution is 0.0697. The molecule has 32 heavy (non-hydrogen) atoms. The molecule has 1 aliphatic heterocycles. The van der Waals surface area contributed by atoms with Crippen LogP contribution < -0.4 is 0 Å². The molecule has 1 fully saturated rings. The predicted molar refractivity (Wildman–Crippen MR) is 118 cm³/mol. The quantitative estimate of drug-likeness (QED) is 0.559. The third-order valence-corrected chi connectivity index (χ3v) is 8.07. The van der Waals surface area contributed by atoms with Crippen LogP contribution in [0.25, 0.3) is 0 Å². The van der Waals surface area contributed by atoms with Crippen molar-refractivity contribution < 1.29 is 17.7 Å². The number of hydrogen-bond donors (Lipinski definition) is 0. The Morgan fingerprint density at radius 2 is 1.72 bits per heavy atom. The normalized spacial score (nSPS) is 15.3.